The summed E-state index contributed by atoms with van der Waals surface area (Å²) in [4.78, 5) is 18.0. The second kappa shape index (κ2) is 10.0. The van der Waals surface area contributed by atoms with Crippen LogP contribution < -0.4 is 10.6 Å². The molecular formula is C29H34N8O. The third-order valence-corrected chi connectivity index (χ3v) is 7.24. The first-order chi connectivity index (χ1) is 18.2. The van der Waals surface area contributed by atoms with Crippen molar-refractivity contribution < 1.29 is 4.79 Å². The monoisotopic (exact) mass is 510 g/mol. The minimum absolute atomic E-state index is 0.168. The van der Waals surface area contributed by atoms with Crippen molar-refractivity contribution in [1.82, 2.24) is 29.5 Å². The highest BCUT2D eigenvalue weighted by Crippen LogP contribution is 2.53. The van der Waals surface area contributed by atoms with Crippen LogP contribution in [0.2, 0.25) is 0 Å². The van der Waals surface area contributed by atoms with E-state index in [9.17, 15) is 10.1 Å². The Kier molecular flexibility index (Phi) is 6.76. The Hall–Kier alpha value is -4.03. The molecule has 9 heteroatoms. The number of amides is 1. The van der Waals surface area contributed by atoms with Crippen LogP contribution in [0.25, 0.3) is 5.65 Å². The van der Waals surface area contributed by atoms with Gasteiger partial charge in [-0.1, -0.05) is 32.9 Å². The van der Waals surface area contributed by atoms with Gasteiger partial charge in [-0.25, -0.2) is 4.98 Å². The van der Waals surface area contributed by atoms with E-state index in [0.717, 1.165) is 36.3 Å². The third kappa shape index (κ3) is 5.04. The Morgan fingerprint density at radius 3 is 2.79 bits per heavy atom. The smallest absolute Gasteiger partial charge is 0.259 e. The predicted octanol–water partition coefficient (Wildman–Crippen LogP) is 4.46. The van der Waals surface area contributed by atoms with Gasteiger partial charge in [0.1, 0.15) is 17.8 Å². The van der Waals surface area contributed by atoms with Crippen LogP contribution in [0.1, 0.15) is 67.3 Å². The summed E-state index contributed by atoms with van der Waals surface area (Å²) in [6.45, 7) is 8.09. The largest absolute Gasteiger partial charge is 0.322 e. The molecule has 1 fully saturated rings. The maximum Gasteiger partial charge on any atom is 0.259 e. The van der Waals surface area contributed by atoms with Crippen molar-refractivity contribution in [3.8, 4) is 6.07 Å². The predicted molar refractivity (Wildman–Crippen MR) is 145 cm³/mol. The fourth-order valence-corrected chi connectivity index (χ4v) is 5.49. The topological polar surface area (TPSA) is 113 Å². The van der Waals surface area contributed by atoms with E-state index >= 15 is 0 Å². The Bertz CT molecular complexity index is 1500. The summed E-state index contributed by atoms with van der Waals surface area (Å²) >= 11 is 0. The lowest BCUT2D eigenvalue weighted by molar-refractivity contribution is 0.102. The second-order valence-corrected chi connectivity index (χ2v) is 11.6. The summed E-state index contributed by atoms with van der Waals surface area (Å²) in [5.41, 5.74) is 3.76. The van der Waals surface area contributed by atoms with Gasteiger partial charge in [-0.05, 0) is 53.5 Å². The first-order valence-corrected chi connectivity index (χ1v) is 13.0. The lowest BCUT2D eigenvalue weighted by Crippen LogP contribution is -2.44. The Labute approximate surface area is 222 Å². The molecular weight excluding hydrogens is 476 g/mol. The van der Waals surface area contributed by atoms with Crippen LogP contribution in [0.15, 0.2) is 55.2 Å². The van der Waals surface area contributed by atoms with Crippen LogP contribution in [-0.2, 0) is 19.0 Å². The van der Waals surface area contributed by atoms with Gasteiger partial charge in [0, 0.05) is 50.8 Å². The van der Waals surface area contributed by atoms with Crippen molar-refractivity contribution in [1.29, 1.82) is 5.26 Å². The van der Waals surface area contributed by atoms with Crippen molar-refractivity contribution in [3.05, 3.63) is 77.8 Å². The van der Waals surface area contributed by atoms with Gasteiger partial charge in [0.2, 0.25) is 0 Å². The molecule has 1 aromatic carbocycles. The van der Waals surface area contributed by atoms with Gasteiger partial charge in [0.25, 0.3) is 5.91 Å². The highest BCUT2D eigenvalue weighted by molar-refractivity contribution is 6.08. The molecule has 38 heavy (non-hydrogen) atoms. The van der Waals surface area contributed by atoms with E-state index in [1.165, 1.54) is 0 Å². The van der Waals surface area contributed by atoms with E-state index in [0.29, 0.717) is 35.8 Å². The first kappa shape index (κ1) is 25.6. The lowest BCUT2D eigenvalue weighted by atomic mass is 9.57. The molecule has 1 aliphatic carbocycles. The first-order valence-electron chi connectivity index (χ1n) is 13.0. The molecule has 2 N–H and O–H groups in total. The number of fused-ring (bicyclic) bond motifs is 1. The normalized spacial score (nSPS) is 19.2. The number of carbonyl (C=O) groups excluding carboxylic acids is 1. The molecule has 4 aromatic rings. The maximum absolute atomic E-state index is 13.5. The summed E-state index contributed by atoms with van der Waals surface area (Å²) in [6, 6.07) is 12.2. The maximum atomic E-state index is 13.5. The average molecular weight is 511 g/mol. The average Bonchev–Trinajstić information content (AvgIpc) is 3.49. The number of aryl methyl sites for hydroxylation is 1. The zero-order valence-electron chi connectivity index (χ0n) is 22.4. The summed E-state index contributed by atoms with van der Waals surface area (Å²) in [7, 11) is 1.94. The van der Waals surface area contributed by atoms with Gasteiger partial charge in [-0.15, -0.1) is 10.2 Å². The summed E-state index contributed by atoms with van der Waals surface area (Å²) in [5.74, 6) is 0.989. The molecule has 0 spiro atoms. The number of hydrogen-bond donors (Lipinski definition) is 2. The van der Waals surface area contributed by atoms with E-state index in [-0.39, 0.29) is 16.7 Å². The number of pyridine rings is 1. The van der Waals surface area contributed by atoms with Crippen LogP contribution in [0, 0.1) is 22.7 Å². The van der Waals surface area contributed by atoms with Gasteiger partial charge >= 0.3 is 0 Å². The number of hydrogen-bond acceptors (Lipinski definition) is 6. The van der Waals surface area contributed by atoms with E-state index in [1.54, 1.807) is 12.5 Å². The molecule has 0 radical (unpaired) electrons. The molecule has 196 valence electrons. The fourth-order valence-electron chi connectivity index (χ4n) is 5.49. The molecule has 0 atom stereocenters. The molecule has 1 saturated carbocycles. The number of anilines is 1. The standard InChI is InChI=1S/C29H34N8O/c1-28(2,3)18-31-16-21-12-24(25-32-10-11-37(25)17-21)26(38)34-23-7-5-6-22(13-23)29(14-20(15-29)8-9-30)27-35-33-19-36(27)4/h5-7,10-13,17,19-20,31H,8,14-16,18H2,1-4H3,(H,34,38). The van der Waals surface area contributed by atoms with Crippen LogP contribution in [0.5, 0.6) is 0 Å². The molecule has 0 saturated heterocycles. The molecule has 0 unspecified atom stereocenters. The quantitative estimate of drug-likeness (QED) is 0.362. The second-order valence-electron chi connectivity index (χ2n) is 11.6. The highest BCUT2D eigenvalue weighted by atomic mass is 16.1. The van der Waals surface area contributed by atoms with Gasteiger partial charge in [0.15, 0.2) is 0 Å². The van der Waals surface area contributed by atoms with Gasteiger partial charge in [-0.2, -0.15) is 5.26 Å². The molecule has 5 rings (SSSR count). The Balaban J connectivity index is 1.41. The molecule has 0 aliphatic heterocycles. The minimum Gasteiger partial charge on any atom is -0.322 e. The van der Waals surface area contributed by atoms with Gasteiger partial charge in [0.05, 0.1) is 17.0 Å². The number of aromatic nitrogens is 5. The number of nitrogens with zero attached hydrogens (tertiary/aromatic N) is 6. The van der Waals surface area contributed by atoms with Crippen LogP contribution in [0.3, 0.4) is 0 Å². The molecule has 1 amide bonds. The van der Waals surface area contributed by atoms with Gasteiger partial charge < -0.3 is 19.6 Å². The third-order valence-electron chi connectivity index (χ3n) is 7.24. The SMILES string of the molecule is Cn1cnnc1C1(c2cccc(NC(=O)c3cc(CNCC(C)(C)C)cn4ccnc34)c2)CC(CC#N)C1. The number of nitrogens with one attached hydrogen (secondary N) is 2. The van der Waals surface area contributed by atoms with E-state index < -0.39 is 0 Å². The van der Waals surface area contributed by atoms with Crippen molar-refractivity contribution in [2.75, 3.05) is 11.9 Å². The molecule has 0 bridgehead atoms. The number of carbonyl (C=O) groups is 1. The highest BCUT2D eigenvalue weighted by Gasteiger charge is 2.49. The number of rotatable bonds is 8. The van der Waals surface area contributed by atoms with Crippen molar-refractivity contribution in [2.45, 2.75) is 52.0 Å². The molecule has 9 nitrogen and oxygen atoms in total. The number of benzene rings is 1. The van der Waals surface area contributed by atoms with Crippen LogP contribution in [-0.4, -0.2) is 36.6 Å². The minimum atomic E-state index is -0.331. The van der Waals surface area contributed by atoms with Gasteiger partial charge in [-0.3, -0.25) is 4.79 Å². The Morgan fingerprint density at radius 2 is 2.08 bits per heavy atom. The summed E-state index contributed by atoms with van der Waals surface area (Å²) in [5, 5.41) is 24.3. The van der Waals surface area contributed by atoms with Crippen molar-refractivity contribution in [2.24, 2.45) is 18.4 Å². The van der Waals surface area contributed by atoms with Crippen molar-refractivity contribution >= 4 is 17.2 Å². The molecule has 3 heterocycles. The summed E-state index contributed by atoms with van der Waals surface area (Å²) in [6.07, 6.45) is 9.45. The fraction of sp³-hybridized carbons (Fsp3) is 0.414. The van der Waals surface area contributed by atoms with Crippen LogP contribution >= 0.6 is 0 Å². The van der Waals surface area contributed by atoms with E-state index in [2.05, 4.69) is 58.7 Å². The van der Waals surface area contributed by atoms with E-state index in [4.69, 9.17) is 0 Å². The molecule has 3 aromatic heterocycles. The number of imidazole rings is 1. The van der Waals surface area contributed by atoms with Crippen LogP contribution in [0.4, 0.5) is 5.69 Å². The zero-order valence-corrected chi connectivity index (χ0v) is 22.4. The summed E-state index contributed by atoms with van der Waals surface area (Å²) < 4.78 is 3.84. The Morgan fingerprint density at radius 1 is 1.26 bits per heavy atom. The molecule has 1 aliphatic rings. The number of nitriles is 1. The van der Waals surface area contributed by atoms with Crippen molar-refractivity contribution in [3.63, 3.8) is 0 Å². The lowest BCUT2D eigenvalue weighted by Gasteiger charge is -2.46. The zero-order chi connectivity index (χ0) is 26.9. The van der Waals surface area contributed by atoms with E-state index in [1.807, 2.05) is 52.7 Å².